The zero-order valence-electron chi connectivity index (χ0n) is 12.5. The molecule has 1 amide bonds. The van der Waals surface area contributed by atoms with Crippen LogP contribution >= 0.6 is 0 Å². The lowest BCUT2D eigenvalue weighted by molar-refractivity contribution is -0.124. The van der Waals surface area contributed by atoms with Crippen LogP contribution in [0.1, 0.15) is 59.2 Å². The molecular weight excluding hydrogens is 242 g/mol. The number of rotatable bonds is 6. The van der Waals surface area contributed by atoms with Crippen molar-refractivity contribution in [3.05, 3.63) is 11.9 Å². The molecule has 1 heterocycles. The van der Waals surface area contributed by atoms with E-state index in [4.69, 9.17) is 5.73 Å². The molecule has 0 aliphatic carbocycles. The molecule has 0 saturated heterocycles. The summed E-state index contributed by atoms with van der Waals surface area (Å²) in [5, 5.41) is 11.0. The van der Waals surface area contributed by atoms with Crippen molar-refractivity contribution in [1.82, 2.24) is 20.3 Å². The van der Waals surface area contributed by atoms with Crippen LogP contribution in [0, 0.1) is 0 Å². The van der Waals surface area contributed by atoms with Crippen molar-refractivity contribution in [3.63, 3.8) is 0 Å². The maximum Gasteiger partial charge on any atom is 0.244 e. The predicted octanol–water partition coefficient (Wildman–Crippen LogP) is 1.34. The Morgan fingerprint density at radius 3 is 2.63 bits per heavy atom. The quantitative estimate of drug-likeness (QED) is 0.814. The Morgan fingerprint density at radius 2 is 2.16 bits per heavy atom. The van der Waals surface area contributed by atoms with Gasteiger partial charge in [-0.1, -0.05) is 18.6 Å². The molecule has 0 radical (unpaired) electrons. The van der Waals surface area contributed by atoms with Gasteiger partial charge in [0.2, 0.25) is 5.91 Å². The van der Waals surface area contributed by atoms with Gasteiger partial charge in [0.15, 0.2) is 0 Å². The van der Waals surface area contributed by atoms with Crippen molar-refractivity contribution in [2.45, 2.75) is 65.1 Å². The first-order chi connectivity index (χ1) is 8.75. The average molecular weight is 267 g/mol. The Balaban J connectivity index is 2.69. The summed E-state index contributed by atoms with van der Waals surface area (Å²) in [7, 11) is 0. The van der Waals surface area contributed by atoms with E-state index in [0.717, 1.165) is 12.8 Å². The molecule has 0 bridgehead atoms. The molecule has 1 aromatic rings. The number of nitrogens with one attached hydrogen (secondary N) is 1. The molecule has 1 rings (SSSR count). The highest BCUT2D eigenvalue weighted by Crippen LogP contribution is 2.15. The largest absolute Gasteiger partial charge is 0.352 e. The van der Waals surface area contributed by atoms with Gasteiger partial charge in [0, 0.05) is 6.04 Å². The van der Waals surface area contributed by atoms with E-state index < -0.39 is 5.54 Å². The fourth-order valence-corrected chi connectivity index (χ4v) is 1.75. The lowest BCUT2D eigenvalue weighted by Crippen LogP contribution is -2.37. The highest BCUT2D eigenvalue weighted by Gasteiger charge is 2.22. The number of aromatic nitrogens is 3. The van der Waals surface area contributed by atoms with Gasteiger partial charge in [-0.2, -0.15) is 0 Å². The van der Waals surface area contributed by atoms with Gasteiger partial charge in [0.1, 0.15) is 11.7 Å². The SMILES string of the molecule is CCCC(C)NC(=O)C(C)n1cc(C(C)(C)N)nn1. The second kappa shape index (κ2) is 6.14. The van der Waals surface area contributed by atoms with E-state index in [2.05, 4.69) is 22.6 Å². The van der Waals surface area contributed by atoms with E-state index >= 15 is 0 Å². The smallest absolute Gasteiger partial charge is 0.244 e. The third kappa shape index (κ3) is 4.31. The van der Waals surface area contributed by atoms with Crippen molar-refractivity contribution < 1.29 is 4.79 Å². The highest BCUT2D eigenvalue weighted by molar-refractivity contribution is 5.80. The zero-order valence-corrected chi connectivity index (χ0v) is 12.5. The van der Waals surface area contributed by atoms with Crippen molar-refractivity contribution in [2.75, 3.05) is 0 Å². The lowest BCUT2D eigenvalue weighted by atomic mass is 10.0. The topological polar surface area (TPSA) is 85.8 Å². The zero-order chi connectivity index (χ0) is 14.6. The van der Waals surface area contributed by atoms with Crippen LogP contribution in [-0.2, 0) is 10.3 Å². The Labute approximate surface area is 114 Å². The van der Waals surface area contributed by atoms with E-state index in [0.29, 0.717) is 5.69 Å². The van der Waals surface area contributed by atoms with Crippen LogP contribution in [0.5, 0.6) is 0 Å². The monoisotopic (exact) mass is 267 g/mol. The minimum atomic E-state index is -0.552. The van der Waals surface area contributed by atoms with E-state index in [-0.39, 0.29) is 18.0 Å². The third-order valence-corrected chi connectivity index (χ3v) is 3.06. The summed E-state index contributed by atoms with van der Waals surface area (Å²) in [5.41, 5.74) is 6.07. The third-order valence-electron chi connectivity index (χ3n) is 3.06. The molecule has 0 saturated carbocycles. The number of hydrogen-bond donors (Lipinski definition) is 2. The second-order valence-corrected chi connectivity index (χ2v) is 5.68. The number of hydrogen-bond acceptors (Lipinski definition) is 4. The van der Waals surface area contributed by atoms with Crippen LogP contribution in [0.3, 0.4) is 0 Å². The molecule has 2 atom stereocenters. The minimum absolute atomic E-state index is 0.0489. The normalized spacial score (nSPS) is 15.1. The molecule has 108 valence electrons. The number of amides is 1. The molecule has 6 heteroatoms. The predicted molar refractivity (Wildman–Crippen MR) is 74.5 cm³/mol. The minimum Gasteiger partial charge on any atom is -0.352 e. The Kier molecular flexibility index (Phi) is 5.05. The molecular formula is C13H25N5O. The summed E-state index contributed by atoms with van der Waals surface area (Å²) < 4.78 is 1.55. The summed E-state index contributed by atoms with van der Waals surface area (Å²) in [6.07, 6.45) is 3.75. The van der Waals surface area contributed by atoms with Crippen molar-refractivity contribution in [2.24, 2.45) is 5.73 Å². The molecule has 19 heavy (non-hydrogen) atoms. The van der Waals surface area contributed by atoms with Crippen molar-refractivity contribution in [3.8, 4) is 0 Å². The average Bonchev–Trinajstić information content (AvgIpc) is 2.76. The number of nitrogens with two attached hydrogens (primary N) is 1. The highest BCUT2D eigenvalue weighted by atomic mass is 16.2. The van der Waals surface area contributed by atoms with Crippen LogP contribution in [0.15, 0.2) is 6.20 Å². The molecule has 0 fully saturated rings. The van der Waals surface area contributed by atoms with Crippen LogP contribution in [0.4, 0.5) is 0 Å². The molecule has 0 aromatic carbocycles. The molecule has 3 N–H and O–H groups in total. The summed E-state index contributed by atoms with van der Waals surface area (Å²) in [5.74, 6) is -0.0489. The molecule has 0 aliphatic rings. The molecule has 1 aromatic heterocycles. The number of nitrogens with zero attached hydrogens (tertiary/aromatic N) is 3. The van der Waals surface area contributed by atoms with E-state index in [1.165, 1.54) is 0 Å². The lowest BCUT2D eigenvalue weighted by Gasteiger charge is -2.17. The van der Waals surface area contributed by atoms with Gasteiger partial charge in [0.25, 0.3) is 0 Å². The fourth-order valence-electron chi connectivity index (χ4n) is 1.75. The van der Waals surface area contributed by atoms with E-state index in [1.807, 2.05) is 20.8 Å². The maximum absolute atomic E-state index is 12.1. The van der Waals surface area contributed by atoms with Gasteiger partial charge in [-0.3, -0.25) is 4.79 Å². The summed E-state index contributed by atoms with van der Waals surface area (Å²) in [6, 6.07) is -0.211. The van der Waals surface area contributed by atoms with Crippen molar-refractivity contribution >= 4 is 5.91 Å². The summed E-state index contributed by atoms with van der Waals surface area (Å²) >= 11 is 0. The van der Waals surface area contributed by atoms with Gasteiger partial charge < -0.3 is 11.1 Å². The molecule has 0 aliphatic heterocycles. The van der Waals surface area contributed by atoms with Gasteiger partial charge in [0.05, 0.1) is 11.7 Å². The van der Waals surface area contributed by atoms with Crippen LogP contribution in [0.2, 0.25) is 0 Å². The first-order valence-electron chi connectivity index (χ1n) is 6.77. The van der Waals surface area contributed by atoms with E-state index in [1.54, 1.807) is 17.8 Å². The summed E-state index contributed by atoms with van der Waals surface area (Å²) in [4.78, 5) is 12.1. The van der Waals surface area contributed by atoms with Gasteiger partial charge in [-0.25, -0.2) is 4.68 Å². The fraction of sp³-hybridized carbons (Fsp3) is 0.769. The Bertz CT molecular complexity index is 421. The number of carbonyl (C=O) groups excluding carboxylic acids is 1. The van der Waals surface area contributed by atoms with Crippen molar-refractivity contribution in [1.29, 1.82) is 0 Å². The number of carbonyl (C=O) groups is 1. The van der Waals surface area contributed by atoms with Crippen LogP contribution in [0.25, 0.3) is 0 Å². The molecule has 0 spiro atoms. The summed E-state index contributed by atoms with van der Waals surface area (Å²) in [6.45, 7) is 9.61. The maximum atomic E-state index is 12.1. The van der Waals surface area contributed by atoms with E-state index in [9.17, 15) is 4.79 Å². The second-order valence-electron chi connectivity index (χ2n) is 5.68. The van der Waals surface area contributed by atoms with Gasteiger partial charge in [-0.15, -0.1) is 5.10 Å². The first kappa shape index (κ1) is 15.6. The first-order valence-corrected chi connectivity index (χ1v) is 6.77. The molecule has 2 unspecified atom stereocenters. The van der Waals surface area contributed by atoms with Gasteiger partial charge in [-0.05, 0) is 34.1 Å². The standard InChI is InChI=1S/C13H25N5O/c1-6-7-9(2)15-12(19)10(3)18-8-11(16-17-18)13(4,5)14/h8-10H,6-7,14H2,1-5H3,(H,15,19). The molecule has 6 nitrogen and oxygen atoms in total. The Hall–Kier alpha value is -1.43. The van der Waals surface area contributed by atoms with Gasteiger partial charge >= 0.3 is 0 Å². The van der Waals surface area contributed by atoms with Crippen LogP contribution in [-0.4, -0.2) is 26.9 Å². The Morgan fingerprint density at radius 1 is 1.53 bits per heavy atom. The van der Waals surface area contributed by atoms with Crippen LogP contribution < -0.4 is 11.1 Å².